The van der Waals surface area contributed by atoms with Gasteiger partial charge in [0, 0.05) is 34.4 Å². The Balaban J connectivity index is 2.29. The molecular formula is C15H12BrN3O3. The number of aromatic nitrogens is 2. The molecule has 1 aliphatic heterocycles. The zero-order valence-corrected chi connectivity index (χ0v) is 13.3. The Morgan fingerprint density at radius 2 is 1.95 bits per heavy atom. The number of halogens is 1. The van der Waals surface area contributed by atoms with E-state index in [9.17, 15) is 14.9 Å². The molecule has 6 nitrogen and oxygen atoms in total. The first-order chi connectivity index (χ1) is 10.5. The van der Waals surface area contributed by atoms with Crippen molar-refractivity contribution in [1.29, 1.82) is 0 Å². The molecule has 7 heteroatoms. The molecule has 1 unspecified atom stereocenters. The molecule has 0 radical (unpaired) electrons. The normalized spacial score (nSPS) is 17.3. The molecule has 0 spiro atoms. The number of nitrogens with zero attached hydrogens (tertiary/aromatic N) is 3. The van der Waals surface area contributed by atoms with Crippen LogP contribution >= 0.6 is 15.9 Å². The predicted octanol–water partition coefficient (Wildman–Crippen LogP) is 3.28. The maximum absolute atomic E-state index is 12.4. The number of nitro groups is 1. The standard InChI is InChI=1S/C15H12BrN3O3/c1-8-6-17-12-3-2-9(16)4-10(12)11-5-13(19(21)22)15(20)18(7-8)14(11)17/h2-5,8H,6-7H2,1H3. The van der Waals surface area contributed by atoms with E-state index in [4.69, 9.17) is 0 Å². The minimum absolute atomic E-state index is 0.245. The van der Waals surface area contributed by atoms with Gasteiger partial charge in [0.2, 0.25) is 0 Å². The van der Waals surface area contributed by atoms with Crippen LogP contribution in [0.3, 0.4) is 0 Å². The fraction of sp³-hybridized carbons (Fsp3) is 0.267. The minimum Gasteiger partial charge on any atom is -0.326 e. The Morgan fingerprint density at radius 3 is 2.68 bits per heavy atom. The third kappa shape index (κ3) is 1.68. The number of hydrogen-bond donors (Lipinski definition) is 0. The van der Waals surface area contributed by atoms with Crippen molar-refractivity contribution in [2.24, 2.45) is 5.92 Å². The summed E-state index contributed by atoms with van der Waals surface area (Å²) in [6.45, 7) is 3.36. The fourth-order valence-electron chi connectivity index (χ4n) is 3.37. The first-order valence-corrected chi connectivity index (χ1v) is 7.76. The Labute approximate surface area is 133 Å². The largest absolute Gasteiger partial charge is 0.334 e. The average Bonchev–Trinajstić information content (AvgIpc) is 2.76. The molecule has 2 aromatic heterocycles. The van der Waals surface area contributed by atoms with E-state index in [0.717, 1.165) is 33.0 Å². The molecule has 3 heterocycles. The summed E-state index contributed by atoms with van der Waals surface area (Å²) in [5.74, 6) is 0.245. The van der Waals surface area contributed by atoms with Crippen LogP contribution in [0.1, 0.15) is 6.92 Å². The highest BCUT2D eigenvalue weighted by atomic mass is 79.9. The third-order valence-corrected chi connectivity index (χ3v) is 4.72. The van der Waals surface area contributed by atoms with Crippen LogP contribution in [0.25, 0.3) is 21.9 Å². The molecule has 1 aromatic carbocycles. The van der Waals surface area contributed by atoms with Crippen LogP contribution in [0.15, 0.2) is 33.5 Å². The highest BCUT2D eigenvalue weighted by molar-refractivity contribution is 9.10. The molecule has 0 bridgehead atoms. The van der Waals surface area contributed by atoms with Crippen LogP contribution in [0.5, 0.6) is 0 Å². The van der Waals surface area contributed by atoms with E-state index < -0.39 is 10.5 Å². The van der Waals surface area contributed by atoms with Crippen molar-refractivity contribution in [3.05, 3.63) is 49.2 Å². The molecule has 0 fully saturated rings. The van der Waals surface area contributed by atoms with Crippen LogP contribution in [-0.2, 0) is 13.1 Å². The second-order valence-electron chi connectivity index (χ2n) is 5.82. The van der Waals surface area contributed by atoms with Gasteiger partial charge >= 0.3 is 11.2 Å². The van der Waals surface area contributed by atoms with Gasteiger partial charge < -0.3 is 4.57 Å². The van der Waals surface area contributed by atoms with E-state index in [1.54, 1.807) is 4.57 Å². The highest BCUT2D eigenvalue weighted by Gasteiger charge is 2.27. The SMILES string of the molecule is CC1Cn2c(=O)c([N+](=O)[O-])cc3c4cc(Br)ccc4n(c32)C1. The van der Waals surface area contributed by atoms with Crippen LogP contribution < -0.4 is 5.56 Å². The summed E-state index contributed by atoms with van der Waals surface area (Å²) >= 11 is 3.45. The number of fused-ring (bicyclic) bond motifs is 3. The van der Waals surface area contributed by atoms with Gasteiger partial charge in [0.1, 0.15) is 5.65 Å². The summed E-state index contributed by atoms with van der Waals surface area (Å²) in [4.78, 5) is 23.1. The van der Waals surface area contributed by atoms with Crippen LogP contribution in [-0.4, -0.2) is 14.1 Å². The third-order valence-electron chi connectivity index (χ3n) is 4.22. The predicted molar refractivity (Wildman–Crippen MR) is 87.2 cm³/mol. The molecule has 0 N–H and O–H groups in total. The van der Waals surface area contributed by atoms with Crippen molar-refractivity contribution in [1.82, 2.24) is 9.13 Å². The van der Waals surface area contributed by atoms with Crippen molar-refractivity contribution in [2.45, 2.75) is 20.0 Å². The molecule has 0 amide bonds. The van der Waals surface area contributed by atoms with Gasteiger partial charge in [-0.05, 0) is 24.1 Å². The van der Waals surface area contributed by atoms with Crippen molar-refractivity contribution in [3.63, 3.8) is 0 Å². The monoisotopic (exact) mass is 361 g/mol. The van der Waals surface area contributed by atoms with E-state index in [2.05, 4.69) is 20.5 Å². The number of hydrogen-bond acceptors (Lipinski definition) is 3. The van der Waals surface area contributed by atoms with Gasteiger partial charge in [-0.2, -0.15) is 0 Å². The van der Waals surface area contributed by atoms with E-state index in [0.29, 0.717) is 6.54 Å². The van der Waals surface area contributed by atoms with Crippen LogP contribution in [0, 0.1) is 16.0 Å². The number of pyridine rings is 1. The minimum atomic E-state index is -0.592. The number of benzene rings is 1. The topological polar surface area (TPSA) is 70.1 Å². The van der Waals surface area contributed by atoms with Crippen molar-refractivity contribution in [3.8, 4) is 0 Å². The molecule has 0 saturated heterocycles. The smallest absolute Gasteiger partial charge is 0.326 e. The van der Waals surface area contributed by atoms with Gasteiger partial charge in [-0.1, -0.05) is 22.9 Å². The summed E-state index contributed by atoms with van der Waals surface area (Å²) in [5.41, 5.74) is 0.896. The van der Waals surface area contributed by atoms with Gasteiger partial charge in [-0.3, -0.25) is 19.5 Å². The molecule has 112 valence electrons. The summed E-state index contributed by atoms with van der Waals surface area (Å²) in [6, 6.07) is 7.29. The second kappa shape index (κ2) is 4.42. The molecule has 1 atom stereocenters. The lowest BCUT2D eigenvalue weighted by atomic mass is 10.1. The van der Waals surface area contributed by atoms with Gasteiger partial charge in [0.05, 0.1) is 10.4 Å². The summed E-state index contributed by atoms with van der Waals surface area (Å²) in [7, 11) is 0. The van der Waals surface area contributed by atoms with E-state index >= 15 is 0 Å². The first-order valence-electron chi connectivity index (χ1n) is 6.97. The number of rotatable bonds is 1. The highest BCUT2D eigenvalue weighted by Crippen LogP contribution is 2.34. The van der Waals surface area contributed by atoms with Crippen molar-refractivity contribution in [2.75, 3.05) is 0 Å². The fourth-order valence-corrected chi connectivity index (χ4v) is 3.73. The van der Waals surface area contributed by atoms with Crippen molar-refractivity contribution < 1.29 is 4.92 Å². The van der Waals surface area contributed by atoms with Gasteiger partial charge in [0.15, 0.2) is 0 Å². The Morgan fingerprint density at radius 1 is 1.23 bits per heavy atom. The van der Waals surface area contributed by atoms with E-state index in [1.807, 2.05) is 25.1 Å². The first kappa shape index (κ1) is 13.5. The molecule has 3 aromatic rings. The van der Waals surface area contributed by atoms with E-state index in [1.165, 1.54) is 6.07 Å². The zero-order valence-electron chi connectivity index (χ0n) is 11.7. The second-order valence-corrected chi connectivity index (χ2v) is 6.73. The van der Waals surface area contributed by atoms with Gasteiger partial charge in [-0.15, -0.1) is 0 Å². The van der Waals surface area contributed by atoms with Gasteiger partial charge in [0.25, 0.3) is 0 Å². The Bertz CT molecular complexity index is 1020. The molecule has 1 aliphatic rings. The molecule has 0 saturated carbocycles. The summed E-state index contributed by atoms with van der Waals surface area (Å²) in [6.07, 6.45) is 0. The maximum Gasteiger partial charge on any atom is 0.334 e. The quantitative estimate of drug-likeness (QED) is 0.493. The zero-order chi connectivity index (χ0) is 15.6. The molecule has 4 rings (SSSR count). The lowest BCUT2D eigenvalue weighted by Crippen LogP contribution is -2.31. The summed E-state index contributed by atoms with van der Waals surface area (Å²) < 4.78 is 4.55. The molecule has 0 aliphatic carbocycles. The molecule has 22 heavy (non-hydrogen) atoms. The summed E-state index contributed by atoms with van der Waals surface area (Å²) in [5, 5.41) is 12.9. The Kier molecular flexibility index (Phi) is 2.72. The van der Waals surface area contributed by atoms with Crippen LogP contribution in [0.2, 0.25) is 0 Å². The van der Waals surface area contributed by atoms with E-state index in [-0.39, 0.29) is 11.6 Å². The van der Waals surface area contributed by atoms with Crippen molar-refractivity contribution >= 4 is 43.6 Å². The lowest BCUT2D eigenvalue weighted by molar-refractivity contribution is -0.386. The Hall–Kier alpha value is -2.15. The molecular weight excluding hydrogens is 350 g/mol. The maximum atomic E-state index is 12.4. The van der Waals surface area contributed by atoms with Crippen LogP contribution in [0.4, 0.5) is 5.69 Å². The average molecular weight is 362 g/mol. The van der Waals surface area contributed by atoms with Gasteiger partial charge in [-0.25, -0.2) is 0 Å². The lowest BCUT2D eigenvalue weighted by Gasteiger charge is -2.23.